The highest BCUT2D eigenvalue weighted by atomic mass is 16.5. The number of aliphatic hydroxyl groups excluding tert-OH is 1. The van der Waals surface area contributed by atoms with E-state index in [1.807, 2.05) is 19.9 Å². The van der Waals surface area contributed by atoms with Gasteiger partial charge in [-0.1, -0.05) is 46.1 Å². The number of ether oxygens (including phenoxy) is 2. The Morgan fingerprint density at radius 1 is 1.14 bits per heavy atom. The SMILES string of the molecule is CCCCCCN1C(=O)C(O)=C(C(=O)CC(C)C)C1c1ccc(OC)c(OC)c1. The molecule has 1 unspecified atom stereocenters. The van der Waals surface area contributed by atoms with Gasteiger partial charge in [0.15, 0.2) is 23.0 Å². The Bertz CT molecular complexity index is 769. The number of benzene rings is 1. The first kappa shape index (κ1) is 22.8. The number of nitrogens with zero attached hydrogens (tertiary/aromatic N) is 1. The number of aliphatic hydroxyl groups is 1. The molecule has 0 saturated carbocycles. The molecule has 160 valence electrons. The second-order valence-corrected chi connectivity index (χ2v) is 7.86. The summed E-state index contributed by atoms with van der Waals surface area (Å²) in [7, 11) is 3.10. The lowest BCUT2D eigenvalue weighted by molar-refractivity contribution is -0.129. The normalized spacial score (nSPS) is 16.7. The predicted molar refractivity (Wildman–Crippen MR) is 112 cm³/mol. The van der Waals surface area contributed by atoms with Crippen LogP contribution in [0.25, 0.3) is 0 Å². The van der Waals surface area contributed by atoms with Gasteiger partial charge in [-0.25, -0.2) is 0 Å². The number of carbonyl (C=O) groups excluding carboxylic acids is 2. The summed E-state index contributed by atoms with van der Waals surface area (Å²) in [5.74, 6) is 0.118. The molecule has 0 fully saturated rings. The zero-order valence-corrected chi connectivity index (χ0v) is 18.2. The number of rotatable bonds is 11. The number of hydrogen-bond acceptors (Lipinski definition) is 5. The van der Waals surface area contributed by atoms with Crippen molar-refractivity contribution in [1.29, 1.82) is 0 Å². The van der Waals surface area contributed by atoms with E-state index < -0.39 is 17.7 Å². The number of methoxy groups -OCH3 is 2. The third-order valence-electron chi connectivity index (χ3n) is 5.17. The summed E-state index contributed by atoms with van der Waals surface area (Å²) in [6.45, 7) is 6.50. The molecule has 0 aliphatic carbocycles. The van der Waals surface area contributed by atoms with E-state index in [9.17, 15) is 14.7 Å². The van der Waals surface area contributed by atoms with Crippen molar-refractivity contribution in [2.45, 2.75) is 58.9 Å². The molecule has 1 aliphatic rings. The average Bonchev–Trinajstić information content (AvgIpc) is 2.95. The number of unbranched alkanes of at least 4 members (excludes halogenated alkanes) is 3. The van der Waals surface area contributed by atoms with E-state index >= 15 is 0 Å². The number of ketones is 1. The van der Waals surface area contributed by atoms with Gasteiger partial charge in [0, 0.05) is 13.0 Å². The Morgan fingerprint density at radius 3 is 2.41 bits per heavy atom. The van der Waals surface area contributed by atoms with Gasteiger partial charge in [-0.2, -0.15) is 0 Å². The molecule has 29 heavy (non-hydrogen) atoms. The molecule has 0 aromatic heterocycles. The topological polar surface area (TPSA) is 76.1 Å². The van der Waals surface area contributed by atoms with E-state index in [1.54, 1.807) is 31.3 Å². The first-order valence-corrected chi connectivity index (χ1v) is 10.3. The largest absolute Gasteiger partial charge is 0.503 e. The van der Waals surface area contributed by atoms with E-state index in [1.165, 1.54) is 0 Å². The molecule has 1 N–H and O–H groups in total. The molecular formula is C23H33NO5. The smallest absolute Gasteiger partial charge is 0.290 e. The van der Waals surface area contributed by atoms with E-state index in [4.69, 9.17) is 9.47 Å². The third kappa shape index (κ3) is 5.11. The maximum atomic E-state index is 12.9. The van der Waals surface area contributed by atoms with Gasteiger partial charge in [0.05, 0.1) is 25.8 Å². The second kappa shape index (κ2) is 10.3. The van der Waals surface area contributed by atoms with Crippen LogP contribution in [0.5, 0.6) is 11.5 Å². The van der Waals surface area contributed by atoms with Crippen LogP contribution in [0.3, 0.4) is 0 Å². The standard InChI is InChI=1S/C23H33NO5/c1-6-7-8-9-12-24-21(16-10-11-18(28-4)19(14-16)29-5)20(22(26)23(24)27)17(25)13-15(2)3/h10-11,14-15,21,26H,6-9,12-13H2,1-5H3. The van der Waals surface area contributed by atoms with Crippen molar-refractivity contribution in [3.05, 3.63) is 35.1 Å². The zero-order valence-electron chi connectivity index (χ0n) is 18.2. The van der Waals surface area contributed by atoms with Crippen LogP contribution < -0.4 is 9.47 Å². The molecule has 1 aromatic carbocycles. The highest BCUT2D eigenvalue weighted by Gasteiger charge is 2.43. The molecule has 0 spiro atoms. The summed E-state index contributed by atoms with van der Waals surface area (Å²) in [6, 6.07) is 4.74. The minimum absolute atomic E-state index is 0.127. The van der Waals surface area contributed by atoms with Crippen LogP contribution in [0, 0.1) is 5.92 Å². The first-order chi connectivity index (χ1) is 13.8. The minimum Gasteiger partial charge on any atom is -0.503 e. The maximum Gasteiger partial charge on any atom is 0.290 e. The van der Waals surface area contributed by atoms with Crippen molar-refractivity contribution in [2.24, 2.45) is 5.92 Å². The minimum atomic E-state index is -0.616. The molecule has 2 rings (SSSR count). The van der Waals surface area contributed by atoms with Gasteiger partial charge < -0.3 is 19.5 Å². The van der Waals surface area contributed by atoms with Crippen LogP contribution in [0.4, 0.5) is 0 Å². The molecule has 6 nitrogen and oxygen atoms in total. The lowest BCUT2D eigenvalue weighted by atomic mass is 9.92. The van der Waals surface area contributed by atoms with E-state index in [0.717, 1.165) is 31.2 Å². The van der Waals surface area contributed by atoms with Crippen molar-refractivity contribution in [2.75, 3.05) is 20.8 Å². The fraction of sp³-hybridized carbons (Fsp3) is 0.565. The fourth-order valence-electron chi connectivity index (χ4n) is 3.73. The Kier molecular flexibility index (Phi) is 8.11. The van der Waals surface area contributed by atoms with Gasteiger partial charge in [0.1, 0.15) is 0 Å². The van der Waals surface area contributed by atoms with Crippen molar-refractivity contribution in [1.82, 2.24) is 4.90 Å². The van der Waals surface area contributed by atoms with E-state index in [-0.39, 0.29) is 23.7 Å². The summed E-state index contributed by atoms with van der Waals surface area (Å²) in [5.41, 5.74) is 0.911. The Morgan fingerprint density at radius 2 is 1.83 bits per heavy atom. The van der Waals surface area contributed by atoms with Crippen molar-refractivity contribution >= 4 is 11.7 Å². The molecule has 1 aromatic rings. The number of amides is 1. The summed E-state index contributed by atoms with van der Waals surface area (Å²) < 4.78 is 10.7. The van der Waals surface area contributed by atoms with E-state index in [0.29, 0.717) is 18.0 Å². The van der Waals surface area contributed by atoms with Crippen LogP contribution in [0.15, 0.2) is 29.5 Å². The van der Waals surface area contributed by atoms with Crippen LogP contribution in [-0.2, 0) is 9.59 Å². The van der Waals surface area contributed by atoms with Crippen LogP contribution >= 0.6 is 0 Å². The van der Waals surface area contributed by atoms with Crippen LogP contribution in [0.2, 0.25) is 0 Å². The highest BCUT2D eigenvalue weighted by molar-refractivity contribution is 6.09. The van der Waals surface area contributed by atoms with Gasteiger partial charge in [0.2, 0.25) is 0 Å². The first-order valence-electron chi connectivity index (χ1n) is 10.3. The fourth-order valence-corrected chi connectivity index (χ4v) is 3.73. The molecule has 1 atom stereocenters. The molecule has 0 radical (unpaired) electrons. The molecule has 1 heterocycles. The molecular weight excluding hydrogens is 370 g/mol. The summed E-state index contributed by atoms with van der Waals surface area (Å²) >= 11 is 0. The van der Waals surface area contributed by atoms with Crippen molar-refractivity contribution in [3.8, 4) is 11.5 Å². The van der Waals surface area contributed by atoms with Crippen molar-refractivity contribution < 1.29 is 24.2 Å². The molecule has 6 heteroatoms. The van der Waals surface area contributed by atoms with Gasteiger partial charge in [-0.05, 0) is 30.0 Å². The lowest BCUT2D eigenvalue weighted by Crippen LogP contribution is -2.32. The number of Topliss-reactive ketones (excluding diaryl/α,β-unsaturated/α-hetero) is 1. The highest BCUT2D eigenvalue weighted by Crippen LogP contribution is 2.41. The van der Waals surface area contributed by atoms with Crippen molar-refractivity contribution in [3.63, 3.8) is 0 Å². The maximum absolute atomic E-state index is 12.9. The number of carbonyl (C=O) groups is 2. The Hall–Kier alpha value is -2.50. The van der Waals surface area contributed by atoms with E-state index in [2.05, 4.69) is 6.92 Å². The van der Waals surface area contributed by atoms with Crippen LogP contribution in [0.1, 0.15) is 64.5 Å². The Balaban J connectivity index is 2.45. The monoisotopic (exact) mass is 403 g/mol. The number of hydrogen-bond donors (Lipinski definition) is 1. The van der Waals surface area contributed by atoms with Crippen LogP contribution in [-0.4, -0.2) is 42.5 Å². The molecule has 0 saturated heterocycles. The average molecular weight is 404 g/mol. The van der Waals surface area contributed by atoms with Gasteiger partial charge >= 0.3 is 0 Å². The summed E-state index contributed by atoms with van der Waals surface area (Å²) in [6.07, 6.45) is 4.27. The Labute approximate surface area is 173 Å². The van der Waals surface area contributed by atoms with Gasteiger partial charge in [0.25, 0.3) is 5.91 Å². The van der Waals surface area contributed by atoms with Gasteiger partial charge in [-0.3, -0.25) is 9.59 Å². The molecule has 1 aliphatic heterocycles. The summed E-state index contributed by atoms with van der Waals surface area (Å²) in [5, 5.41) is 10.6. The second-order valence-electron chi connectivity index (χ2n) is 7.86. The van der Waals surface area contributed by atoms with Gasteiger partial charge in [-0.15, -0.1) is 0 Å². The quantitative estimate of drug-likeness (QED) is 0.547. The zero-order chi connectivity index (χ0) is 21.6. The molecule has 0 bridgehead atoms. The third-order valence-corrected chi connectivity index (χ3v) is 5.17. The lowest BCUT2D eigenvalue weighted by Gasteiger charge is -2.27. The molecule has 1 amide bonds. The summed E-state index contributed by atoms with van der Waals surface area (Å²) in [4.78, 5) is 27.4. The predicted octanol–water partition coefficient (Wildman–Crippen LogP) is 4.59.